The summed E-state index contributed by atoms with van der Waals surface area (Å²) >= 11 is 0. The molecule has 1 aromatic rings. The summed E-state index contributed by atoms with van der Waals surface area (Å²) in [5, 5.41) is 0. The fourth-order valence-electron chi connectivity index (χ4n) is 0.814. The van der Waals surface area contributed by atoms with Crippen LogP contribution in [0.2, 0.25) is 0 Å². The molecule has 1 rings (SSSR count). The maximum Gasteiger partial charge on any atom is 1.00 e. The molecule has 0 fully saturated rings. The Labute approximate surface area is 102 Å². The molecule has 0 aliphatic heterocycles. The zero-order valence-corrected chi connectivity index (χ0v) is 9.34. The van der Waals surface area contributed by atoms with E-state index in [2.05, 4.69) is 4.94 Å². The number of hydrogen-bond acceptors (Lipinski definition) is 2. The Kier molecular flexibility index (Phi) is 5.18. The van der Waals surface area contributed by atoms with E-state index in [9.17, 15) is 18.1 Å². The molecule has 6 heteroatoms. The van der Waals surface area contributed by atoms with E-state index >= 15 is 0 Å². The molecule has 1 aromatic carbocycles. The summed E-state index contributed by atoms with van der Waals surface area (Å²) in [6, 6.07) is 6.15. The van der Waals surface area contributed by atoms with Gasteiger partial charge in [0.1, 0.15) is 0 Å². The van der Waals surface area contributed by atoms with Crippen molar-refractivity contribution >= 4 is 5.97 Å². The fourth-order valence-corrected chi connectivity index (χ4v) is 0.814. The van der Waals surface area contributed by atoms with Crippen LogP contribution in [-0.2, 0) is 15.7 Å². The van der Waals surface area contributed by atoms with Gasteiger partial charge in [0.25, 0.3) is 0 Å². The molecule has 0 atom stereocenters. The quantitative estimate of drug-likeness (QED) is 0.610. The van der Waals surface area contributed by atoms with Gasteiger partial charge in [-0.3, -0.25) is 0 Å². The first-order chi connectivity index (χ1) is 6.09. The molecule has 14 heavy (non-hydrogen) atoms. The number of rotatable bonds is 2. The van der Waals surface area contributed by atoms with Crippen molar-refractivity contribution in [3.05, 3.63) is 35.9 Å². The first kappa shape index (κ1) is 13.5. The van der Waals surface area contributed by atoms with Gasteiger partial charge in [-0.25, -0.2) is 9.74 Å². The number of carbonyl (C=O) groups excluding carboxylic acids is 1. The van der Waals surface area contributed by atoms with Crippen molar-refractivity contribution in [1.29, 1.82) is 0 Å². The SMILES string of the molecule is O=C(OF)C(F)(F)c1ccccc1.[H-].[Na+]. The molecule has 2 nitrogen and oxygen atoms in total. The largest absolute Gasteiger partial charge is 1.00 e. The third-order valence-corrected chi connectivity index (χ3v) is 1.46. The topological polar surface area (TPSA) is 26.3 Å². The summed E-state index contributed by atoms with van der Waals surface area (Å²) in [7, 11) is 0. The molecule has 0 saturated carbocycles. The van der Waals surface area contributed by atoms with Crippen molar-refractivity contribution in [2.24, 2.45) is 0 Å². The minimum absolute atomic E-state index is 0. The minimum atomic E-state index is -3.93. The van der Waals surface area contributed by atoms with Crippen LogP contribution >= 0.6 is 0 Å². The molecule has 0 bridgehead atoms. The van der Waals surface area contributed by atoms with Gasteiger partial charge in [-0.05, 0) is 0 Å². The van der Waals surface area contributed by atoms with E-state index in [1.54, 1.807) is 0 Å². The summed E-state index contributed by atoms with van der Waals surface area (Å²) in [4.78, 5) is 12.8. The van der Waals surface area contributed by atoms with Crippen LogP contribution in [0.4, 0.5) is 13.3 Å². The van der Waals surface area contributed by atoms with E-state index < -0.39 is 17.5 Å². The summed E-state index contributed by atoms with van der Waals surface area (Å²) in [5.41, 5.74) is -0.599. The number of carbonyl (C=O) groups is 1. The number of halogens is 3. The van der Waals surface area contributed by atoms with Gasteiger partial charge in [0.05, 0.1) is 0 Å². The second kappa shape index (κ2) is 5.38. The van der Waals surface area contributed by atoms with Gasteiger partial charge in [0.15, 0.2) is 0 Å². The van der Waals surface area contributed by atoms with Crippen LogP contribution < -0.4 is 29.6 Å². The molecular formula is C8H6F3NaO2. The summed E-state index contributed by atoms with van der Waals surface area (Å²) < 4.78 is 36.9. The van der Waals surface area contributed by atoms with Crippen LogP contribution in [0.5, 0.6) is 0 Å². The molecule has 0 aromatic heterocycles. The van der Waals surface area contributed by atoms with Gasteiger partial charge in [0.2, 0.25) is 0 Å². The van der Waals surface area contributed by atoms with Crippen LogP contribution in [0.15, 0.2) is 30.3 Å². The summed E-state index contributed by atoms with van der Waals surface area (Å²) in [6.07, 6.45) is 0. The molecule has 0 amide bonds. The first-order valence-electron chi connectivity index (χ1n) is 3.35. The zero-order valence-electron chi connectivity index (χ0n) is 8.34. The normalized spacial score (nSPS) is 10.2. The van der Waals surface area contributed by atoms with Crippen LogP contribution in [0.3, 0.4) is 0 Å². The van der Waals surface area contributed by atoms with Crippen LogP contribution in [0.25, 0.3) is 0 Å². The van der Waals surface area contributed by atoms with Gasteiger partial charge in [-0.2, -0.15) is 8.78 Å². The molecule has 0 heterocycles. The van der Waals surface area contributed by atoms with E-state index in [4.69, 9.17) is 0 Å². The van der Waals surface area contributed by atoms with Gasteiger partial charge in [-0.15, -0.1) is 0 Å². The smallest absolute Gasteiger partial charge is 1.00 e. The molecular weight excluding hydrogens is 208 g/mol. The Hall–Kier alpha value is -0.520. The van der Waals surface area contributed by atoms with Gasteiger partial charge in [0, 0.05) is 10.1 Å². The van der Waals surface area contributed by atoms with Gasteiger partial charge >= 0.3 is 41.4 Å². The van der Waals surface area contributed by atoms with E-state index in [0.717, 1.165) is 12.1 Å². The van der Waals surface area contributed by atoms with Crippen molar-refractivity contribution < 1.29 is 54.0 Å². The van der Waals surface area contributed by atoms with Gasteiger partial charge < -0.3 is 1.43 Å². The Bertz CT molecular complexity index is 308. The van der Waals surface area contributed by atoms with Crippen molar-refractivity contribution in [1.82, 2.24) is 0 Å². The number of benzene rings is 1. The molecule has 0 unspecified atom stereocenters. The maximum absolute atomic E-state index is 12.8. The summed E-state index contributed by atoms with van der Waals surface area (Å²) in [6.45, 7) is 0. The number of alkyl halides is 2. The standard InChI is InChI=1S/C8H5F3O2.Na.H/c9-8(10,7(12)13-11)6-4-2-1-3-5-6;;/h1-5H;;/q;+1;-1. The number of hydrogen-bond donors (Lipinski definition) is 0. The second-order valence-electron chi connectivity index (χ2n) is 2.31. The summed E-state index contributed by atoms with van der Waals surface area (Å²) in [5.74, 6) is -6.14. The predicted octanol–water partition coefficient (Wildman–Crippen LogP) is -0.677. The predicted molar refractivity (Wildman–Crippen MR) is 38.6 cm³/mol. The molecule has 0 saturated heterocycles. The third kappa shape index (κ3) is 2.73. The van der Waals surface area contributed by atoms with Crippen LogP contribution in [0, 0.1) is 0 Å². The Morgan fingerprint density at radius 1 is 1.29 bits per heavy atom. The average Bonchev–Trinajstić information content (AvgIpc) is 2.18. The van der Waals surface area contributed by atoms with E-state index in [0.29, 0.717) is 0 Å². The minimum Gasteiger partial charge on any atom is -1.00 e. The van der Waals surface area contributed by atoms with E-state index in [1.165, 1.54) is 18.2 Å². The fraction of sp³-hybridized carbons (Fsp3) is 0.125. The van der Waals surface area contributed by atoms with E-state index in [1.807, 2.05) is 0 Å². The van der Waals surface area contributed by atoms with E-state index in [-0.39, 0.29) is 31.0 Å². The molecule has 72 valence electrons. The third-order valence-electron chi connectivity index (χ3n) is 1.46. The van der Waals surface area contributed by atoms with Crippen molar-refractivity contribution in [3.8, 4) is 0 Å². The van der Waals surface area contributed by atoms with Gasteiger partial charge in [-0.1, -0.05) is 30.3 Å². The molecule has 0 spiro atoms. The van der Waals surface area contributed by atoms with Crippen molar-refractivity contribution in [2.45, 2.75) is 5.92 Å². The second-order valence-corrected chi connectivity index (χ2v) is 2.31. The van der Waals surface area contributed by atoms with Crippen LogP contribution in [-0.4, -0.2) is 5.97 Å². The average molecular weight is 214 g/mol. The monoisotopic (exact) mass is 214 g/mol. The molecule has 0 aliphatic rings. The zero-order chi connectivity index (χ0) is 9.90. The van der Waals surface area contributed by atoms with Crippen molar-refractivity contribution in [3.63, 3.8) is 0 Å². The van der Waals surface area contributed by atoms with Crippen molar-refractivity contribution in [2.75, 3.05) is 0 Å². The molecule has 0 radical (unpaired) electrons. The Morgan fingerprint density at radius 3 is 2.21 bits per heavy atom. The maximum atomic E-state index is 12.8. The Morgan fingerprint density at radius 2 is 1.79 bits per heavy atom. The molecule has 0 N–H and O–H groups in total. The molecule has 0 aliphatic carbocycles. The first-order valence-corrected chi connectivity index (χ1v) is 3.35. The Balaban J connectivity index is 0. The van der Waals surface area contributed by atoms with Crippen LogP contribution in [0.1, 0.15) is 6.99 Å².